The van der Waals surface area contributed by atoms with Crippen molar-refractivity contribution in [2.45, 2.75) is 53.4 Å². The van der Waals surface area contributed by atoms with Crippen LogP contribution in [-0.2, 0) is 0 Å². The average Bonchev–Trinajstić information content (AvgIpc) is 4.02. The van der Waals surface area contributed by atoms with E-state index in [1.807, 2.05) is 0 Å². The predicted molar refractivity (Wildman–Crippen MR) is 236 cm³/mol. The molecule has 0 aliphatic carbocycles. The minimum atomic E-state index is -0.121. The molecule has 0 saturated carbocycles. The van der Waals surface area contributed by atoms with Crippen LogP contribution in [0.2, 0.25) is 0 Å². The van der Waals surface area contributed by atoms with E-state index in [-0.39, 0.29) is 22.7 Å². The molecule has 3 aromatic heterocycles. The van der Waals surface area contributed by atoms with Crippen LogP contribution in [0, 0.1) is 10.8 Å². The Morgan fingerprint density at radius 1 is 0.357 bits per heavy atom. The van der Waals surface area contributed by atoms with E-state index in [9.17, 15) is 0 Å². The van der Waals surface area contributed by atoms with E-state index in [2.05, 4.69) is 209 Å². The van der Waals surface area contributed by atoms with Crippen molar-refractivity contribution in [2.24, 2.45) is 10.8 Å². The highest BCUT2D eigenvalue weighted by Gasteiger charge is 2.48. The molecule has 0 radical (unpaired) electrons. The van der Waals surface area contributed by atoms with Gasteiger partial charge in [0, 0.05) is 56.2 Å². The molecule has 4 heteroatoms. The van der Waals surface area contributed by atoms with Crippen molar-refractivity contribution in [1.29, 1.82) is 0 Å². The zero-order valence-corrected chi connectivity index (χ0v) is 33.1. The number of nitrogens with zero attached hydrogens (tertiary/aromatic N) is 2. The molecule has 0 fully saturated rings. The summed E-state index contributed by atoms with van der Waals surface area (Å²) in [6.07, 6.45) is 4.33. The number of rotatable bonds is 4. The zero-order chi connectivity index (χ0) is 38.6. The topological polar surface area (TPSA) is 57.4 Å². The maximum Gasteiger partial charge on any atom is 0.0737 e. The lowest BCUT2D eigenvalue weighted by atomic mass is 9.62. The third-order valence-electron chi connectivity index (χ3n) is 11.4. The van der Waals surface area contributed by atoms with Crippen molar-refractivity contribution in [1.82, 2.24) is 19.9 Å². The van der Waals surface area contributed by atoms with Crippen molar-refractivity contribution in [3.8, 4) is 44.5 Å². The molecule has 0 unspecified atom stereocenters. The second-order valence-electron chi connectivity index (χ2n) is 17.3. The summed E-state index contributed by atoms with van der Waals surface area (Å²) >= 11 is 0. The number of fused-ring (bicyclic) bond motifs is 8. The maximum atomic E-state index is 5.96. The average molecular weight is 729 g/mol. The molecular formula is C52H48N4. The maximum absolute atomic E-state index is 5.96. The van der Waals surface area contributed by atoms with Crippen LogP contribution in [0.15, 0.2) is 146 Å². The summed E-state index contributed by atoms with van der Waals surface area (Å²) in [6, 6.07) is 51.8. The number of hydrogen-bond donors (Lipinski definition) is 2. The summed E-state index contributed by atoms with van der Waals surface area (Å²) in [7, 11) is 0. The van der Waals surface area contributed by atoms with Crippen LogP contribution < -0.4 is 0 Å². The van der Waals surface area contributed by atoms with Crippen LogP contribution in [0.4, 0.5) is 0 Å². The van der Waals surface area contributed by atoms with E-state index < -0.39 is 0 Å². The fourth-order valence-electron chi connectivity index (χ4n) is 9.03. The summed E-state index contributed by atoms with van der Waals surface area (Å²) in [5.74, 6) is 0.206. The van der Waals surface area contributed by atoms with Crippen LogP contribution >= 0.6 is 0 Å². The normalized spacial score (nSPS) is 15.6. The highest BCUT2D eigenvalue weighted by molar-refractivity contribution is 5.97. The number of hydrogen-bond acceptors (Lipinski definition) is 2. The van der Waals surface area contributed by atoms with Gasteiger partial charge < -0.3 is 9.97 Å². The van der Waals surface area contributed by atoms with Crippen molar-refractivity contribution in [3.63, 3.8) is 0 Å². The highest BCUT2D eigenvalue weighted by Crippen LogP contribution is 2.58. The van der Waals surface area contributed by atoms with Gasteiger partial charge in [0.2, 0.25) is 0 Å². The number of aromatic amines is 2. The minimum absolute atomic E-state index is 0.103. The lowest BCUT2D eigenvalue weighted by Crippen LogP contribution is -2.30. The molecule has 0 amide bonds. The van der Waals surface area contributed by atoms with Crippen LogP contribution in [0.1, 0.15) is 76.2 Å². The molecule has 9 rings (SSSR count). The quantitative estimate of drug-likeness (QED) is 0.190. The first kappa shape index (κ1) is 35.4. The van der Waals surface area contributed by atoms with Gasteiger partial charge in [-0.05, 0) is 69.5 Å². The van der Waals surface area contributed by atoms with Gasteiger partial charge in [-0.2, -0.15) is 0 Å². The summed E-state index contributed by atoms with van der Waals surface area (Å²) in [5, 5.41) is 0. The third kappa shape index (κ3) is 6.29. The van der Waals surface area contributed by atoms with Crippen molar-refractivity contribution in [3.05, 3.63) is 168 Å². The molecule has 4 nitrogen and oxygen atoms in total. The van der Waals surface area contributed by atoms with Gasteiger partial charge in [0.05, 0.1) is 22.8 Å². The molecular weight excluding hydrogens is 681 g/mol. The Balaban J connectivity index is 1.55. The molecule has 0 saturated heterocycles. The number of benzene rings is 4. The van der Waals surface area contributed by atoms with Gasteiger partial charge in [-0.25, -0.2) is 4.98 Å². The third-order valence-corrected chi connectivity index (χ3v) is 11.4. The van der Waals surface area contributed by atoms with E-state index in [0.29, 0.717) is 0 Å². The monoisotopic (exact) mass is 728 g/mol. The van der Waals surface area contributed by atoms with Gasteiger partial charge in [-0.3, -0.25) is 4.98 Å². The van der Waals surface area contributed by atoms with Crippen LogP contribution in [0.5, 0.6) is 0 Å². The predicted octanol–water partition coefficient (Wildman–Crippen LogP) is 14.1. The molecule has 7 aromatic rings. The van der Waals surface area contributed by atoms with E-state index >= 15 is 0 Å². The zero-order valence-electron chi connectivity index (χ0n) is 33.1. The number of aromatic nitrogens is 4. The Bertz CT molecular complexity index is 2550. The van der Waals surface area contributed by atoms with Crippen molar-refractivity contribution in [2.75, 3.05) is 0 Å². The Kier molecular flexibility index (Phi) is 8.73. The van der Waals surface area contributed by atoms with E-state index in [1.54, 1.807) is 0 Å². The minimum Gasteiger partial charge on any atom is -0.354 e. The molecule has 2 N–H and O–H groups in total. The van der Waals surface area contributed by atoms with Crippen LogP contribution in [0.25, 0.3) is 78.7 Å². The van der Waals surface area contributed by atoms with Crippen molar-refractivity contribution >= 4 is 34.2 Å². The highest BCUT2D eigenvalue weighted by atomic mass is 14.8. The Morgan fingerprint density at radius 2 is 0.643 bits per heavy atom. The fraction of sp³-hybridized carbons (Fsp3) is 0.192. The fourth-order valence-corrected chi connectivity index (χ4v) is 9.03. The summed E-state index contributed by atoms with van der Waals surface area (Å²) in [6.45, 7) is 14.3. The Morgan fingerprint density at radius 3 is 0.946 bits per heavy atom. The van der Waals surface area contributed by atoms with E-state index in [1.165, 1.54) is 0 Å². The summed E-state index contributed by atoms with van der Waals surface area (Å²) < 4.78 is 0. The van der Waals surface area contributed by atoms with E-state index in [4.69, 9.17) is 9.97 Å². The van der Waals surface area contributed by atoms with Gasteiger partial charge in [0.25, 0.3) is 0 Å². The largest absolute Gasteiger partial charge is 0.354 e. The molecule has 2 aliphatic rings. The smallest absolute Gasteiger partial charge is 0.0737 e. The molecule has 4 aromatic carbocycles. The van der Waals surface area contributed by atoms with Gasteiger partial charge in [-0.1, -0.05) is 163 Å². The first-order valence-corrected chi connectivity index (χ1v) is 19.8. The van der Waals surface area contributed by atoms with Gasteiger partial charge in [-0.15, -0.1) is 0 Å². The second-order valence-corrected chi connectivity index (χ2v) is 17.3. The molecule has 56 heavy (non-hydrogen) atoms. The first-order valence-electron chi connectivity index (χ1n) is 19.8. The van der Waals surface area contributed by atoms with Crippen LogP contribution in [0.3, 0.4) is 0 Å². The molecule has 8 bridgehead atoms. The number of nitrogens with one attached hydrogen (secondary N) is 2. The molecule has 5 heterocycles. The van der Waals surface area contributed by atoms with E-state index in [0.717, 1.165) is 89.4 Å². The lowest BCUT2D eigenvalue weighted by Gasteiger charge is -2.40. The molecule has 2 aliphatic heterocycles. The van der Waals surface area contributed by atoms with Gasteiger partial charge in [0.15, 0.2) is 0 Å². The Labute approximate surface area is 330 Å². The molecule has 276 valence electrons. The SMILES string of the molecule is CC(C)(C)[C@@H]1c2nc(c(-c3ccccc3)c3ccc([nH]3)c(-c3ccccc3)c3nc(c(-c4ccccc4)c4ccc([nH]4)c2-c2ccccc2)C=C3)[C@H]1C(C)(C)C. The Hall–Kier alpha value is -6.26. The standard InChI is InChI=1S/C52H48N4/c1-51(2,3)47-48(52(4,5)6)50-46(36-25-17-10-18-26-36)42-32-30-40(55-42)44(34-21-13-8-14-22-34)38-28-27-37(53-38)43(33-19-11-7-12-20-33)39-29-31-41(54-39)45(49(47)56-50)35-23-15-9-16-24-35/h7-32,47-48,54-55H,1-6H3/t47-,48-/m0/s1. The summed E-state index contributed by atoms with van der Waals surface area (Å²) in [4.78, 5) is 19.3. The van der Waals surface area contributed by atoms with Crippen LogP contribution in [-0.4, -0.2) is 19.9 Å². The summed E-state index contributed by atoms with van der Waals surface area (Å²) in [5.41, 5.74) is 16.8. The van der Waals surface area contributed by atoms with Gasteiger partial charge in [0.1, 0.15) is 0 Å². The van der Waals surface area contributed by atoms with Crippen molar-refractivity contribution < 1.29 is 0 Å². The first-order chi connectivity index (χ1) is 27.1. The van der Waals surface area contributed by atoms with Gasteiger partial charge >= 0.3 is 0 Å². The lowest BCUT2D eigenvalue weighted by molar-refractivity contribution is 0.196. The number of H-pyrrole nitrogens is 2. The second kappa shape index (κ2) is 13.8. The molecule has 2 atom stereocenters. The molecule has 0 spiro atoms.